The maximum Gasteiger partial charge on any atom is 0.0113 e. The highest BCUT2D eigenvalue weighted by Crippen LogP contribution is 2.24. The maximum atomic E-state index is 3.57. The molecule has 0 aromatic heterocycles. The number of nitrogens with zero attached hydrogens (tertiary/aromatic N) is 2. The van der Waals surface area contributed by atoms with Crippen LogP contribution in [0.1, 0.15) is 52.9 Å². The molecule has 0 amide bonds. The maximum absolute atomic E-state index is 3.57. The summed E-state index contributed by atoms with van der Waals surface area (Å²) in [6.45, 7) is 14.4. The minimum absolute atomic E-state index is 0.736. The summed E-state index contributed by atoms with van der Waals surface area (Å²) in [5.41, 5.74) is 0. The minimum atomic E-state index is 0.736. The van der Waals surface area contributed by atoms with Crippen molar-refractivity contribution in [2.45, 2.75) is 65.0 Å². The average Bonchev–Trinajstić information content (AvgIpc) is 2.97. The zero-order valence-electron chi connectivity index (χ0n) is 13.9. The van der Waals surface area contributed by atoms with Crippen LogP contribution in [0, 0.1) is 5.92 Å². The molecule has 1 aliphatic heterocycles. The fourth-order valence-corrected chi connectivity index (χ4v) is 3.70. The molecule has 1 heterocycles. The van der Waals surface area contributed by atoms with Crippen LogP contribution >= 0.6 is 0 Å². The SMILES string of the molecule is CC(C)CNCCC(C)N1CCN(C2CCCC2)CC1. The number of hydrogen-bond acceptors (Lipinski definition) is 3. The molecule has 1 saturated carbocycles. The van der Waals surface area contributed by atoms with Crippen LogP contribution in [0.4, 0.5) is 0 Å². The monoisotopic (exact) mass is 281 g/mol. The lowest BCUT2D eigenvalue weighted by molar-refractivity contribution is 0.0727. The van der Waals surface area contributed by atoms with Gasteiger partial charge in [-0.3, -0.25) is 9.80 Å². The van der Waals surface area contributed by atoms with E-state index in [-0.39, 0.29) is 0 Å². The molecule has 118 valence electrons. The predicted octanol–water partition coefficient (Wildman–Crippen LogP) is 2.57. The number of piperazine rings is 1. The van der Waals surface area contributed by atoms with Gasteiger partial charge in [0.1, 0.15) is 0 Å². The Morgan fingerprint density at radius 3 is 2.25 bits per heavy atom. The second-order valence-electron chi connectivity index (χ2n) is 7.25. The fourth-order valence-electron chi connectivity index (χ4n) is 3.70. The van der Waals surface area contributed by atoms with E-state index in [1.54, 1.807) is 0 Å². The van der Waals surface area contributed by atoms with E-state index in [4.69, 9.17) is 0 Å². The number of nitrogens with one attached hydrogen (secondary N) is 1. The Balaban J connectivity index is 1.60. The molecular formula is C17H35N3. The van der Waals surface area contributed by atoms with E-state index in [9.17, 15) is 0 Å². The van der Waals surface area contributed by atoms with Gasteiger partial charge >= 0.3 is 0 Å². The topological polar surface area (TPSA) is 18.5 Å². The Labute approximate surface area is 126 Å². The van der Waals surface area contributed by atoms with Crippen molar-refractivity contribution in [2.75, 3.05) is 39.3 Å². The first kappa shape index (κ1) is 16.3. The molecule has 2 fully saturated rings. The predicted molar refractivity (Wildman–Crippen MR) is 87.2 cm³/mol. The van der Waals surface area contributed by atoms with Crippen molar-refractivity contribution in [1.29, 1.82) is 0 Å². The van der Waals surface area contributed by atoms with Crippen LogP contribution in [0.5, 0.6) is 0 Å². The molecule has 0 aromatic rings. The van der Waals surface area contributed by atoms with Gasteiger partial charge in [-0.2, -0.15) is 0 Å². The van der Waals surface area contributed by atoms with Crippen LogP contribution in [0.2, 0.25) is 0 Å². The molecule has 3 nitrogen and oxygen atoms in total. The van der Waals surface area contributed by atoms with Crippen LogP contribution in [0.15, 0.2) is 0 Å². The van der Waals surface area contributed by atoms with E-state index >= 15 is 0 Å². The third kappa shape index (κ3) is 5.01. The highest BCUT2D eigenvalue weighted by molar-refractivity contribution is 4.83. The van der Waals surface area contributed by atoms with Gasteiger partial charge in [-0.25, -0.2) is 0 Å². The zero-order chi connectivity index (χ0) is 14.4. The van der Waals surface area contributed by atoms with E-state index in [0.29, 0.717) is 0 Å². The third-order valence-electron chi connectivity index (χ3n) is 5.10. The molecule has 1 N–H and O–H groups in total. The van der Waals surface area contributed by atoms with Crippen molar-refractivity contribution in [2.24, 2.45) is 5.92 Å². The van der Waals surface area contributed by atoms with Crippen molar-refractivity contribution in [3.63, 3.8) is 0 Å². The number of rotatable bonds is 7. The van der Waals surface area contributed by atoms with Gasteiger partial charge in [-0.15, -0.1) is 0 Å². The van der Waals surface area contributed by atoms with E-state index in [1.165, 1.54) is 64.8 Å². The van der Waals surface area contributed by atoms with E-state index < -0.39 is 0 Å². The third-order valence-corrected chi connectivity index (χ3v) is 5.10. The molecule has 1 aliphatic carbocycles. The summed E-state index contributed by atoms with van der Waals surface area (Å²) >= 11 is 0. The summed E-state index contributed by atoms with van der Waals surface area (Å²) in [4.78, 5) is 5.45. The van der Waals surface area contributed by atoms with Gasteiger partial charge in [-0.1, -0.05) is 26.7 Å². The van der Waals surface area contributed by atoms with E-state index in [1.807, 2.05) is 0 Å². The summed E-state index contributed by atoms with van der Waals surface area (Å²) in [6.07, 6.45) is 7.12. The van der Waals surface area contributed by atoms with Gasteiger partial charge in [-0.05, 0) is 45.2 Å². The van der Waals surface area contributed by atoms with Crippen molar-refractivity contribution >= 4 is 0 Å². The van der Waals surface area contributed by atoms with Crippen molar-refractivity contribution in [3.05, 3.63) is 0 Å². The van der Waals surface area contributed by atoms with Crippen LogP contribution in [0.25, 0.3) is 0 Å². The molecular weight excluding hydrogens is 246 g/mol. The molecule has 0 aromatic carbocycles. The van der Waals surface area contributed by atoms with Crippen molar-refractivity contribution in [1.82, 2.24) is 15.1 Å². The molecule has 1 saturated heterocycles. The standard InChI is InChI=1S/C17H35N3/c1-15(2)14-18-9-8-16(3)19-10-12-20(13-11-19)17-6-4-5-7-17/h15-18H,4-14H2,1-3H3. The second-order valence-corrected chi connectivity index (χ2v) is 7.25. The van der Waals surface area contributed by atoms with Crippen molar-refractivity contribution in [3.8, 4) is 0 Å². The highest BCUT2D eigenvalue weighted by atomic mass is 15.3. The first-order valence-electron chi connectivity index (χ1n) is 8.85. The second kappa shape index (κ2) is 8.35. The highest BCUT2D eigenvalue weighted by Gasteiger charge is 2.27. The zero-order valence-corrected chi connectivity index (χ0v) is 13.9. The fraction of sp³-hybridized carbons (Fsp3) is 1.00. The van der Waals surface area contributed by atoms with E-state index in [0.717, 1.165) is 24.5 Å². The smallest absolute Gasteiger partial charge is 0.0113 e. The number of hydrogen-bond donors (Lipinski definition) is 1. The molecule has 0 spiro atoms. The Morgan fingerprint density at radius 2 is 1.65 bits per heavy atom. The van der Waals surface area contributed by atoms with Crippen LogP contribution in [-0.4, -0.2) is 61.2 Å². The first-order chi connectivity index (χ1) is 9.66. The Morgan fingerprint density at radius 1 is 1.00 bits per heavy atom. The lowest BCUT2D eigenvalue weighted by atomic mass is 10.1. The normalized spacial score (nSPS) is 24.6. The summed E-state index contributed by atoms with van der Waals surface area (Å²) in [7, 11) is 0. The summed E-state index contributed by atoms with van der Waals surface area (Å²) in [5, 5.41) is 3.57. The van der Waals surface area contributed by atoms with Crippen LogP contribution < -0.4 is 5.32 Å². The van der Waals surface area contributed by atoms with Gasteiger partial charge in [0.15, 0.2) is 0 Å². The van der Waals surface area contributed by atoms with Crippen molar-refractivity contribution < 1.29 is 0 Å². The lowest BCUT2D eigenvalue weighted by Crippen LogP contribution is -2.52. The van der Waals surface area contributed by atoms with Gasteiger partial charge in [0.05, 0.1) is 0 Å². The first-order valence-corrected chi connectivity index (χ1v) is 8.85. The van der Waals surface area contributed by atoms with Gasteiger partial charge in [0.25, 0.3) is 0 Å². The molecule has 0 radical (unpaired) electrons. The van der Waals surface area contributed by atoms with Crippen LogP contribution in [-0.2, 0) is 0 Å². The molecule has 3 heteroatoms. The lowest BCUT2D eigenvalue weighted by Gasteiger charge is -2.40. The Bertz CT molecular complexity index is 253. The Hall–Kier alpha value is -0.120. The molecule has 0 bridgehead atoms. The summed E-state index contributed by atoms with van der Waals surface area (Å²) in [5.74, 6) is 0.764. The van der Waals surface area contributed by atoms with E-state index in [2.05, 4.69) is 35.9 Å². The van der Waals surface area contributed by atoms with Gasteiger partial charge in [0, 0.05) is 38.3 Å². The minimum Gasteiger partial charge on any atom is -0.316 e. The molecule has 1 unspecified atom stereocenters. The van der Waals surface area contributed by atoms with Gasteiger partial charge in [0.2, 0.25) is 0 Å². The molecule has 20 heavy (non-hydrogen) atoms. The summed E-state index contributed by atoms with van der Waals surface area (Å²) in [6, 6.07) is 1.65. The quantitative estimate of drug-likeness (QED) is 0.724. The largest absolute Gasteiger partial charge is 0.316 e. The van der Waals surface area contributed by atoms with Gasteiger partial charge < -0.3 is 5.32 Å². The Kier molecular flexibility index (Phi) is 6.79. The summed E-state index contributed by atoms with van der Waals surface area (Å²) < 4.78 is 0. The molecule has 1 atom stereocenters. The average molecular weight is 281 g/mol. The molecule has 2 aliphatic rings. The van der Waals surface area contributed by atoms with Crippen LogP contribution in [0.3, 0.4) is 0 Å². The molecule has 2 rings (SSSR count).